The molecule has 1 N–H and O–H groups in total. The molecule has 1 saturated heterocycles. The van der Waals surface area contributed by atoms with E-state index in [2.05, 4.69) is 10.3 Å². The maximum atomic E-state index is 13.4. The fourth-order valence-corrected chi connectivity index (χ4v) is 4.31. The van der Waals surface area contributed by atoms with Crippen LogP contribution in [0.15, 0.2) is 30.5 Å². The maximum absolute atomic E-state index is 13.4. The minimum absolute atomic E-state index is 0.191. The molecule has 0 aliphatic carbocycles. The third-order valence-electron chi connectivity index (χ3n) is 4.73. The van der Waals surface area contributed by atoms with Crippen LogP contribution in [0, 0.1) is 11.8 Å². The van der Waals surface area contributed by atoms with E-state index in [1.165, 1.54) is 24.4 Å². The highest BCUT2D eigenvalue weighted by Crippen LogP contribution is 2.40. The van der Waals surface area contributed by atoms with E-state index < -0.39 is 28.0 Å². The Hall–Kier alpha value is -1.71. The summed E-state index contributed by atoms with van der Waals surface area (Å²) in [6.07, 6.45) is -2.50. The molecule has 2 aromatic rings. The van der Waals surface area contributed by atoms with Gasteiger partial charge in [-0.25, -0.2) is 0 Å². The average molecular weight is 402 g/mol. The molecular weight excluding hydrogens is 381 g/mol. The Morgan fingerprint density at radius 1 is 1.26 bits per heavy atom. The van der Waals surface area contributed by atoms with Crippen molar-refractivity contribution in [2.24, 2.45) is 11.8 Å². The van der Waals surface area contributed by atoms with Crippen LogP contribution in [0.5, 0.6) is 0 Å². The molecular formula is C18H21F3N2O3S. The second-order valence-corrected chi connectivity index (χ2v) is 8.68. The van der Waals surface area contributed by atoms with Crippen molar-refractivity contribution in [3.63, 3.8) is 0 Å². The molecule has 9 heteroatoms. The van der Waals surface area contributed by atoms with E-state index in [4.69, 9.17) is 4.18 Å². The quantitative estimate of drug-likeness (QED) is 0.793. The number of pyridine rings is 1. The first-order valence-corrected chi connectivity index (χ1v) is 10.4. The lowest BCUT2D eigenvalue weighted by Gasteiger charge is -2.34. The summed E-state index contributed by atoms with van der Waals surface area (Å²) in [6, 6.07) is 5.31. The predicted octanol–water partition coefficient (Wildman–Crippen LogP) is 3.52. The van der Waals surface area contributed by atoms with Crippen molar-refractivity contribution in [3.8, 4) is 0 Å². The molecule has 1 aromatic heterocycles. The molecule has 5 nitrogen and oxygen atoms in total. The van der Waals surface area contributed by atoms with Crippen LogP contribution in [0.2, 0.25) is 0 Å². The number of fused-ring (bicyclic) bond motifs is 1. The molecule has 27 heavy (non-hydrogen) atoms. The zero-order chi connectivity index (χ0) is 19.8. The second kappa shape index (κ2) is 7.37. The van der Waals surface area contributed by atoms with E-state index in [-0.39, 0.29) is 16.8 Å². The number of nitrogens with zero attached hydrogens (tertiary/aromatic N) is 1. The lowest BCUT2D eigenvalue weighted by Crippen LogP contribution is -2.39. The van der Waals surface area contributed by atoms with Gasteiger partial charge in [-0.15, -0.1) is 0 Å². The van der Waals surface area contributed by atoms with Crippen LogP contribution in [0.4, 0.5) is 13.2 Å². The summed E-state index contributed by atoms with van der Waals surface area (Å²) < 4.78 is 69.1. The Kier molecular flexibility index (Phi) is 5.47. The zero-order valence-electron chi connectivity index (χ0n) is 15.0. The lowest BCUT2D eigenvalue weighted by molar-refractivity contribution is -0.136. The monoisotopic (exact) mass is 402 g/mol. The second-order valence-electron chi connectivity index (χ2n) is 7.08. The third-order valence-corrected chi connectivity index (χ3v) is 5.28. The summed E-state index contributed by atoms with van der Waals surface area (Å²) in [5.41, 5.74) is -0.658. The number of alkyl halides is 3. The van der Waals surface area contributed by atoms with Crippen LogP contribution in [0.25, 0.3) is 10.9 Å². The van der Waals surface area contributed by atoms with E-state index in [1.54, 1.807) is 0 Å². The Morgan fingerprint density at radius 2 is 2.00 bits per heavy atom. The van der Waals surface area contributed by atoms with Crippen LogP contribution in [-0.2, 0) is 20.5 Å². The van der Waals surface area contributed by atoms with Crippen molar-refractivity contribution >= 4 is 21.0 Å². The fraction of sp³-hybridized carbons (Fsp3) is 0.500. The number of nitrogens with one attached hydrogen (secondary N) is 1. The molecule has 0 bridgehead atoms. The number of aromatic nitrogens is 1. The number of benzene rings is 1. The Labute approximate surface area is 156 Å². The maximum Gasteiger partial charge on any atom is 0.418 e. The number of hydrogen-bond donors (Lipinski definition) is 1. The van der Waals surface area contributed by atoms with Crippen LogP contribution in [0.3, 0.4) is 0 Å². The normalized spacial score (nSPS) is 22.7. The number of hydrogen-bond acceptors (Lipinski definition) is 5. The van der Waals surface area contributed by atoms with E-state index >= 15 is 0 Å². The topological polar surface area (TPSA) is 68.3 Å². The van der Waals surface area contributed by atoms with Crippen molar-refractivity contribution in [1.82, 2.24) is 10.3 Å². The highest BCUT2D eigenvalue weighted by atomic mass is 32.2. The molecule has 1 aliphatic rings. The van der Waals surface area contributed by atoms with Crippen molar-refractivity contribution in [1.29, 1.82) is 0 Å². The van der Waals surface area contributed by atoms with Gasteiger partial charge in [0.15, 0.2) is 0 Å². The summed E-state index contributed by atoms with van der Waals surface area (Å²) in [4.78, 5) is 3.91. The largest absolute Gasteiger partial charge is 0.418 e. The fourth-order valence-electron chi connectivity index (χ4n) is 3.67. The van der Waals surface area contributed by atoms with Crippen LogP contribution in [-0.4, -0.2) is 32.7 Å². The van der Waals surface area contributed by atoms with Gasteiger partial charge in [-0.3, -0.25) is 9.17 Å². The van der Waals surface area contributed by atoms with Gasteiger partial charge in [0.25, 0.3) is 10.1 Å². The third kappa shape index (κ3) is 4.59. The van der Waals surface area contributed by atoms with Gasteiger partial charge in [0.05, 0.1) is 17.3 Å². The summed E-state index contributed by atoms with van der Waals surface area (Å²) in [5.74, 6) is 0.108. The molecule has 0 amide bonds. The van der Waals surface area contributed by atoms with Gasteiger partial charge in [0, 0.05) is 24.0 Å². The molecule has 3 atom stereocenters. The van der Waals surface area contributed by atoms with Gasteiger partial charge < -0.3 is 5.32 Å². The van der Waals surface area contributed by atoms with Gasteiger partial charge in [-0.2, -0.15) is 21.6 Å². The van der Waals surface area contributed by atoms with Crippen LogP contribution < -0.4 is 5.32 Å². The van der Waals surface area contributed by atoms with Crippen molar-refractivity contribution < 1.29 is 25.8 Å². The summed E-state index contributed by atoms with van der Waals surface area (Å²) in [7, 11) is -3.82. The minimum atomic E-state index is -4.56. The highest BCUT2D eigenvalue weighted by molar-refractivity contribution is 7.86. The first kappa shape index (κ1) is 20.0. The van der Waals surface area contributed by atoms with Gasteiger partial charge >= 0.3 is 6.18 Å². The van der Waals surface area contributed by atoms with Gasteiger partial charge in [0.1, 0.15) is 6.10 Å². The smallest absolute Gasteiger partial charge is 0.316 e. The minimum Gasteiger partial charge on any atom is -0.316 e. The van der Waals surface area contributed by atoms with E-state index in [9.17, 15) is 21.6 Å². The Balaban J connectivity index is 2.16. The Bertz CT molecular complexity index is 931. The highest BCUT2D eigenvalue weighted by Gasteiger charge is 2.36. The molecule has 0 spiro atoms. The molecule has 0 radical (unpaired) electrons. The molecule has 3 rings (SSSR count). The van der Waals surface area contributed by atoms with Gasteiger partial charge in [0.2, 0.25) is 0 Å². The molecule has 148 valence electrons. The zero-order valence-corrected chi connectivity index (χ0v) is 15.8. The predicted molar refractivity (Wildman–Crippen MR) is 95.6 cm³/mol. The van der Waals surface area contributed by atoms with Crippen molar-refractivity contribution in [3.05, 3.63) is 41.6 Å². The summed E-state index contributed by atoms with van der Waals surface area (Å²) >= 11 is 0. The first-order chi connectivity index (χ1) is 12.6. The Morgan fingerprint density at radius 3 is 2.63 bits per heavy atom. The van der Waals surface area contributed by atoms with Crippen molar-refractivity contribution in [2.75, 3.05) is 19.3 Å². The lowest BCUT2D eigenvalue weighted by atomic mass is 9.83. The SMILES string of the molecule is CC1CNCC(C(OS(C)(=O)=O)c2ccc(C(F)(F)F)c3ncccc23)C1. The average Bonchev–Trinajstić information content (AvgIpc) is 2.57. The number of piperidine rings is 1. The molecule has 3 unspecified atom stereocenters. The van der Waals surface area contributed by atoms with Crippen LogP contribution in [0.1, 0.15) is 30.6 Å². The van der Waals surface area contributed by atoms with Gasteiger partial charge in [-0.1, -0.05) is 19.1 Å². The molecule has 0 saturated carbocycles. The molecule has 1 aromatic carbocycles. The summed E-state index contributed by atoms with van der Waals surface area (Å²) in [5, 5.41) is 3.48. The molecule has 1 aliphatic heterocycles. The van der Waals surface area contributed by atoms with E-state index in [1.807, 2.05) is 6.92 Å². The number of rotatable bonds is 4. The van der Waals surface area contributed by atoms with E-state index in [0.717, 1.165) is 18.9 Å². The molecule has 2 heterocycles. The molecule has 1 fully saturated rings. The van der Waals surface area contributed by atoms with Crippen molar-refractivity contribution in [2.45, 2.75) is 25.6 Å². The van der Waals surface area contributed by atoms with E-state index in [0.29, 0.717) is 24.4 Å². The summed E-state index contributed by atoms with van der Waals surface area (Å²) in [6.45, 7) is 3.35. The standard InChI is InChI=1S/C18H21F3N2O3S/c1-11-8-12(10-22-9-11)17(26-27(2,24)25)14-5-6-15(18(19,20)21)16-13(14)4-3-7-23-16/h3-7,11-12,17,22H,8-10H2,1-2H3. The van der Waals surface area contributed by atoms with Crippen LogP contribution >= 0.6 is 0 Å². The first-order valence-electron chi connectivity index (χ1n) is 8.60. The van der Waals surface area contributed by atoms with Gasteiger partial charge in [-0.05, 0) is 36.6 Å². The number of halogens is 3.